The van der Waals surface area contributed by atoms with E-state index in [9.17, 15) is 0 Å². The molecular formula is C12H22N4O2. The average molecular weight is 254 g/mol. The van der Waals surface area contributed by atoms with Gasteiger partial charge in [0.05, 0.1) is 25.3 Å². The fourth-order valence-corrected chi connectivity index (χ4v) is 2.03. The van der Waals surface area contributed by atoms with Crippen molar-refractivity contribution in [3.05, 3.63) is 11.7 Å². The van der Waals surface area contributed by atoms with Gasteiger partial charge in [-0.3, -0.25) is 4.90 Å². The maximum absolute atomic E-state index is 5.94. The van der Waals surface area contributed by atoms with Gasteiger partial charge in [0.15, 0.2) is 5.82 Å². The van der Waals surface area contributed by atoms with Gasteiger partial charge in [-0.25, -0.2) is 0 Å². The molecule has 0 aromatic carbocycles. The summed E-state index contributed by atoms with van der Waals surface area (Å²) in [4.78, 5) is 6.68. The van der Waals surface area contributed by atoms with Gasteiger partial charge < -0.3 is 15.0 Å². The number of ether oxygens (including phenoxy) is 1. The quantitative estimate of drug-likeness (QED) is 0.859. The fourth-order valence-electron chi connectivity index (χ4n) is 2.03. The Morgan fingerprint density at radius 2 is 2.28 bits per heavy atom. The third kappa shape index (κ3) is 3.07. The topological polar surface area (TPSA) is 77.4 Å². The molecule has 1 aliphatic rings. The summed E-state index contributed by atoms with van der Waals surface area (Å²) in [5.41, 5.74) is 5.38. The largest absolute Gasteiger partial charge is 0.378 e. The van der Waals surface area contributed by atoms with Crippen LogP contribution in [0.5, 0.6) is 0 Å². The molecule has 2 N–H and O–H groups in total. The molecule has 0 amide bonds. The van der Waals surface area contributed by atoms with Crippen molar-refractivity contribution in [3.63, 3.8) is 0 Å². The minimum Gasteiger partial charge on any atom is -0.378 e. The van der Waals surface area contributed by atoms with Crippen molar-refractivity contribution in [2.45, 2.75) is 45.3 Å². The Bertz CT molecular complexity index is 386. The molecule has 0 radical (unpaired) electrons. The van der Waals surface area contributed by atoms with E-state index in [-0.39, 0.29) is 0 Å². The maximum Gasteiger partial charge on any atom is 0.240 e. The first-order valence-electron chi connectivity index (χ1n) is 6.44. The molecule has 2 rings (SSSR count). The van der Waals surface area contributed by atoms with Gasteiger partial charge in [0.1, 0.15) is 0 Å². The summed E-state index contributed by atoms with van der Waals surface area (Å²) >= 11 is 0. The van der Waals surface area contributed by atoms with Crippen molar-refractivity contribution in [2.75, 3.05) is 19.8 Å². The van der Waals surface area contributed by atoms with E-state index in [1.54, 1.807) is 0 Å². The van der Waals surface area contributed by atoms with Crippen molar-refractivity contribution in [2.24, 2.45) is 5.73 Å². The molecule has 0 saturated carbocycles. The summed E-state index contributed by atoms with van der Waals surface area (Å²) in [5.74, 6) is 1.18. The highest BCUT2D eigenvalue weighted by atomic mass is 16.5. The van der Waals surface area contributed by atoms with Crippen molar-refractivity contribution < 1.29 is 9.26 Å². The Labute approximate surface area is 107 Å². The van der Waals surface area contributed by atoms with Crippen molar-refractivity contribution in [1.29, 1.82) is 0 Å². The van der Waals surface area contributed by atoms with E-state index >= 15 is 0 Å². The molecule has 6 nitrogen and oxygen atoms in total. The van der Waals surface area contributed by atoms with E-state index in [0.717, 1.165) is 26.2 Å². The first-order chi connectivity index (χ1) is 8.50. The molecule has 102 valence electrons. The molecule has 1 unspecified atom stereocenters. The van der Waals surface area contributed by atoms with E-state index in [1.807, 2.05) is 13.8 Å². The van der Waals surface area contributed by atoms with Crippen LogP contribution in [-0.2, 0) is 16.8 Å². The van der Waals surface area contributed by atoms with E-state index in [1.165, 1.54) is 0 Å². The second kappa shape index (κ2) is 5.34. The van der Waals surface area contributed by atoms with Crippen LogP contribution >= 0.6 is 0 Å². The van der Waals surface area contributed by atoms with Crippen LogP contribution in [0.15, 0.2) is 4.52 Å². The average Bonchev–Trinajstić information content (AvgIpc) is 2.78. The number of nitrogens with two attached hydrogens (primary N) is 1. The second-order valence-corrected chi connectivity index (χ2v) is 5.34. The lowest BCUT2D eigenvalue weighted by Gasteiger charge is -2.33. The number of hydrogen-bond donors (Lipinski definition) is 1. The van der Waals surface area contributed by atoms with Gasteiger partial charge in [0, 0.05) is 12.6 Å². The molecule has 0 aliphatic carbocycles. The fraction of sp³-hybridized carbons (Fsp3) is 0.833. The zero-order valence-corrected chi connectivity index (χ0v) is 11.3. The number of nitrogens with zero attached hydrogens (tertiary/aromatic N) is 3. The summed E-state index contributed by atoms with van der Waals surface area (Å²) in [6.07, 6.45) is 1.06. The standard InChI is InChI=1S/C12H22N4O2/c1-4-9-8-17-6-5-16(9)7-10-14-11(15-18-10)12(2,3)13/h9H,4-8,13H2,1-3H3. The summed E-state index contributed by atoms with van der Waals surface area (Å²) in [5, 5.41) is 3.93. The summed E-state index contributed by atoms with van der Waals surface area (Å²) < 4.78 is 10.7. The van der Waals surface area contributed by atoms with Crippen LogP contribution < -0.4 is 5.73 Å². The lowest BCUT2D eigenvalue weighted by Crippen LogP contribution is -2.44. The van der Waals surface area contributed by atoms with Gasteiger partial charge in [-0.2, -0.15) is 4.98 Å². The highest BCUT2D eigenvalue weighted by Gasteiger charge is 2.25. The molecule has 18 heavy (non-hydrogen) atoms. The normalized spacial score (nSPS) is 22.3. The molecule has 1 aromatic rings. The Kier molecular flexibility index (Phi) is 3.99. The number of morpholine rings is 1. The minimum absolute atomic E-state index is 0.431. The highest BCUT2D eigenvalue weighted by Crippen LogP contribution is 2.16. The predicted molar refractivity (Wildman–Crippen MR) is 66.8 cm³/mol. The third-order valence-corrected chi connectivity index (χ3v) is 3.20. The van der Waals surface area contributed by atoms with Gasteiger partial charge in [0.2, 0.25) is 5.89 Å². The molecule has 1 atom stereocenters. The van der Waals surface area contributed by atoms with Crippen LogP contribution in [0.4, 0.5) is 0 Å². The van der Waals surface area contributed by atoms with Crippen molar-refractivity contribution in [3.8, 4) is 0 Å². The zero-order valence-electron chi connectivity index (χ0n) is 11.3. The Hall–Kier alpha value is -0.980. The second-order valence-electron chi connectivity index (χ2n) is 5.34. The first-order valence-corrected chi connectivity index (χ1v) is 6.44. The maximum atomic E-state index is 5.94. The molecule has 1 saturated heterocycles. The van der Waals surface area contributed by atoms with Gasteiger partial charge >= 0.3 is 0 Å². The van der Waals surface area contributed by atoms with Crippen LogP contribution in [0, 0.1) is 0 Å². The monoisotopic (exact) mass is 254 g/mol. The summed E-state index contributed by atoms with van der Waals surface area (Å²) in [6.45, 7) is 9.01. The minimum atomic E-state index is -0.559. The van der Waals surface area contributed by atoms with Crippen molar-refractivity contribution >= 4 is 0 Å². The molecule has 6 heteroatoms. The molecule has 1 aliphatic heterocycles. The first kappa shape index (κ1) is 13.5. The van der Waals surface area contributed by atoms with Crippen LogP contribution in [0.25, 0.3) is 0 Å². The molecule has 2 heterocycles. The molecule has 0 spiro atoms. The Morgan fingerprint density at radius 3 is 2.89 bits per heavy atom. The van der Waals surface area contributed by atoms with E-state index in [4.69, 9.17) is 15.0 Å². The third-order valence-electron chi connectivity index (χ3n) is 3.20. The smallest absolute Gasteiger partial charge is 0.240 e. The van der Waals surface area contributed by atoms with Gasteiger partial charge in [-0.1, -0.05) is 12.1 Å². The summed E-state index contributed by atoms with van der Waals surface area (Å²) in [7, 11) is 0. The van der Waals surface area contributed by atoms with E-state index in [2.05, 4.69) is 22.0 Å². The van der Waals surface area contributed by atoms with Crippen LogP contribution in [-0.4, -0.2) is 40.8 Å². The van der Waals surface area contributed by atoms with Crippen LogP contribution in [0.2, 0.25) is 0 Å². The number of hydrogen-bond acceptors (Lipinski definition) is 6. The van der Waals surface area contributed by atoms with Crippen LogP contribution in [0.3, 0.4) is 0 Å². The molecule has 1 aromatic heterocycles. The Balaban J connectivity index is 2.02. The van der Waals surface area contributed by atoms with Crippen molar-refractivity contribution in [1.82, 2.24) is 15.0 Å². The zero-order chi connectivity index (χ0) is 13.2. The van der Waals surface area contributed by atoms with Gasteiger partial charge in [0.25, 0.3) is 0 Å². The molecule has 0 bridgehead atoms. The highest BCUT2D eigenvalue weighted by molar-refractivity contribution is 4.99. The SMILES string of the molecule is CCC1COCCN1Cc1nc(C(C)(C)N)no1. The van der Waals surface area contributed by atoms with Gasteiger partial charge in [-0.05, 0) is 20.3 Å². The van der Waals surface area contributed by atoms with Gasteiger partial charge in [-0.15, -0.1) is 0 Å². The van der Waals surface area contributed by atoms with Crippen LogP contribution in [0.1, 0.15) is 38.9 Å². The molecular weight excluding hydrogens is 232 g/mol. The van der Waals surface area contributed by atoms with E-state index in [0.29, 0.717) is 24.3 Å². The molecule has 1 fully saturated rings. The lowest BCUT2D eigenvalue weighted by atomic mass is 10.1. The summed E-state index contributed by atoms with van der Waals surface area (Å²) in [6, 6.07) is 0.431. The number of rotatable bonds is 4. The lowest BCUT2D eigenvalue weighted by molar-refractivity contribution is -0.0167. The van der Waals surface area contributed by atoms with E-state index < -0.39 is 5.54 Å². The number of aromatic nitrogens is 2. The predicted octanol–water partition coefficient (Wildman–Crippen LogP) is 0.874. The Morgan fingerprint density at radius 1 is 1.50 bits per heavy atom.